The lowest BCUT2D eigenvalue weighted by atomic mass is 9.97. The van der Waals surface area contributed by atoms with E-state index in [9.17, 15) is 0 Å². The van der Waals surface area contributed by atoms with Gasteiger partial charge in [0.25, 0.3) is 0 Å². The van der Waals surface area contributed by atoms with Gasteiger partial charge in [-0.15, -0.1) is 0 Å². The van der Waals surface area contributed by atoms with Crippen LogP contribution in [0.3, 0.4) is 0 Å². The van der Waals surface area contributed by atoms with Gasteiger partial charge in [0.1, 0.15) is 11.9 Å². The van der Waals surface area contributed by atoms with E-state index in [1.807, 2.05) is 6.07 Å². The molecule has 2 aliphatic carbocycles. The van der Waals surface area contributed by atoms with Gasteiger partial charge in [0.2, 0.25) is 0 Å². The summed E-state index contributed by atoms with van der Waals surface area (Å²) in [6, 6.07) is 16.1. The third kappa shape index (κ3) is 5.03. The van der Waals surface area contributed by atoms with E-state index in [1.165, 1.54) is 43.2 Å². The monoisotopic (exact) mass is 382 g/mol. The maximum absolute atomic E-state index is 8.86. The second-order valence-electron chi connectivity index (χ2n) is 7.57. The lowest BCUT2D eigenvalue weighted by Crippen LogP contribution is -2.22. The molecule has 1 fully saturated rings. The fourth-order valence-corrected chi connectivity index (χ4v) is 4.10. The number of nitrogens with zero attached hydrogens (tertiary/aromatic N) is 1. The minimum Gasteiger partial charge on any atom is -0.484 e. The predicted octanol–water partition coefficient (Wildman–Crippen LogP) is 5.80. The Balaban J connectivity index is 0.000000253. The topological polar surface area (TPSA) is 59.0 Å². The third-order valence-electron chi connectivity index (χ3n) is 5.39. The van der Waals surface area contributed by atoms with E-state index in [-0.39, 0.29) is 6.10 Å². The molecule has 1 unspecified atom stereocenters. The molecule has 4 heteroatoms. The highest BCUT2D eigenvalue weighted by Crippen LogP contribution is 2.40. The van der Waals surface area contributed by atoms with Crippen molar-refractivity contribution in [2.75, 3.05) is 0 Å². The first-order chi connectivity index (χ1) is 13.1. The zero-order chi connectivity index (χ0) is 19.2. The van der Waals surface area contributed by atoms with Crippen molar-refractivity contribution in [2.24, 2.45) is 11.7 Å². The number of halogens is 1. The summed E-state index contributed by atoms with van der Waals surface area (Å²) >= 11 is 6.19. The summed E-state index contributed by atoms with van der Waals surface area (Å²) in [7, 11) is 0. The summed E-state index contributed by atoms with van der Waals surface area (Å²) in [5.74, 6) is 1.05. The molecule has 2 aliphatic rings. The molecule has 2 atom stereocenters. The standard InChI is InChI=1S/C17H14ClNO.C6H13N/c1-11-8-13-4-2-3-5-14(13)17(11)20-16-7-6-12(10-19)9-15(16)18;7-6-4-2-1-3-5-6/h2-7,9,11,17H,8H2,1H3;6H,1-5,7H2/t11-,17?;/m1./s1. The molecule has 0 radical (unpaired) electrons. The van der Waals surface area contributed by atoms with Crippen LogP contribution >= 0.6 is 11.6 Å². The van der Waals surface area contributed by atoms with E-state index in [0.29, 0.717) is 28.3 Å². The van der Waals surface area contributed by atoms with Crippen molar-refractivity contribution in [1.82, 2.24) is 0 Å². The van der Waals surface area contributed by atoms with Crippen LogP contribution in [0.4, 0.5) is 0 Å². The largest absolute Gasteiger partial charge is 0.484 e. The predicted molar refractivity (Wildman–Crippen MR) is 110 cm³/mol. The van der Waals surface area contributed by atoms with Crippen molar-refractivity contribution in [3.05, 3.63) is 64.2 Å². The number of ether oxygens (including phenoxy) is 1. The molecule has 4 rings (SSSR count). The van der Waals surface area contributed by atoms with E-state index >= 15 is 0 Å². The van der Waals surface area contributed by atoms with Crippen LogP contribution in [-0.2, 0) is 6.42 Å². The van der Waals surface area contributed by atoms with Gasteiger partial charge in [0.15, 0.2) is 0 Å². The fraction of sp³-hybridized carbons (Fsp3) is 0.435. The zero-order valence-electron chi connectivity index (χ0n) is 15.8. The number of rotatable bonds is 2. The van der Waals surface area contributed by atoms with E-state index in [2.05, 4.69) is 31.2 Å². The molecule has 0 bridgehead atoms. The Labute approximate surface area is 167 Å². The zero-order valence-corrected chi connectivity index (χ0v) is 16.6. The number of fused-ring (bicyclic) bond motifs is 1. The van der Waals surface area contributed by atoms with Crippen molar-refractivity contribution in [3.8, 4) is 11.8 Å². The van der Waals surface area contributed by atoms with Crippen LogP contribution < -0.4 is 10.5 Å². The maximum atomic E-state index is 8.86. The van der Waals surface area contributed by atoms with Gasteiger partial charge >= 0.3 is 0 Å². The summed E-state index contributed by atoms with van der Waals surface area (Å²) < 4.78 is 6.10. The highest BCUT2D eigenvalue weighted by atomic mass is 35.5. The van der Waals surface area contributed by atoms with Crippen LogP contribution in [0.5, 0.6) is 5.75 Å². The number of nitriles is 1. The number of hydrogen-bond acceptors (Lipinski definition) is 3. The van der Waals surface area contributed by atoms with Crippen molar-refractivity contribution < 1.29 is 4.74 Å². The molecule has 0 heterocycles. The third-order valence-corrected chi connectivity index (χ3v) is 5.68. The molecule has 27 heavy (non-hydrogen) atoms. The minimum atomic E-state index is 0.0247. The molecule has 0 spiro atoms. The van der Waals surface area contributed by atoms with Crippen molar-refractivity contribution in [2.45, 2.75) is 57.6 Å². The van der Waals surface area contributed by atoms with Gasteiger partial charge in [-0.05, 0) is 48.6 Å². The first-order valence-electron chi connectivity index (χ1n) is 9.78. The minimum absolute atomic E-state index is 0.0247. The summed E-state index contributed by atoms with van der Waals surface area (Å²) in [5, 5.41) is 9.35. The molecule has 2 aromatic rings. The van der Waals surface area contributed by atoms with Gasteiger partial charge in [-0.25, -0.2) is 0 Å². The van der Waals surface area contributed by atoms with E-state index in [0.717, 1.165) is 6.42 Å². The Bertz CT molecular complexity index is 808. The number of hydrogen-bond donors (Lipinski definition) is 1. The van der Waals surface area contributed by atoms with Gasteiger partial charge in [0.05, 0.1) is 16.7 Å². The second kappa shape index (κ2) is 9.26. The van der Waals surface area contributed by atoms with Crippen LogP contribution in [0.15, 0.2) is 42.5 Å². The summed E-state index contributed by atoms with van der Waals surface area (Å²) in [5.41, 5.74) is 8.76. The second-order valence-corrected chi connectivity index (χ2v) is 7.98. The number of benzene rings is 2. The first kappa shape index (κ1) is 19.7. The molecule has 0 aliphatic heterocycles. The first-order valence-corrected chi connectivity index (χ1v) is 10.2. The quantitative estimate of drug-likeness (QED) is 0.713. The molecule has 2 N–H and O–H groups in total. The van der Waals surface area contributed by atoms with Crippen molar-refractivity contribution in [1.29, 1.82) is 5.26 Å². The Morgan fingerprint density at radius 3 is 2.48 bits per heavy atom. The highest BCUT2D eigenvalue weighted by molar-refractivity contribution is 6.32. The van der Waals surface area contributed by atoms with Crippen molar-refractivity contribution in [3.63, 3.8) is 0 Å². The van der Waals surface area contributed by atoms with Crippen LogP contribution in [0.25, 0.3) is 0 Å². The van der Waals surface area contributed by atoms with Crippen LogP contribution in [-0.4, -0.2) is 6.04 Å². The van der Waals surface area contributed by atoms with Crippen LogP contribution in [0.2, 0.25) is 5.02 Å². The summed E-state index contributed by atoms with van der Waals surface area (Å²) in [6.45, 7) is 2.18. The lowest BCUT2D eigenvalue weighted by molar-refractivity contribution is 0.159. The van der Waals surface area contributed by atoms with Gasteiger partial charge in [-0.1, -0.05) is 62.1 Å². The van der Waals surface area contributed by atoms with Gasteiger partial charge in [-0.3, -0.25) is 0 Å². The molecule has 3 nitrogen and oxygen atoms in total. The molecule has 0 saturated heterocycles. The molecular weight excluding hydrogens is 356 g/mol. The van der Waals surface area contributed by atoms with Gasteiger partial charge in [-0.2, -0.15) is 5.26 Å². The average molecular weight is 383 g/mol. The van der Waals surface area contributed by atoms with E-state index in [1.54, 1.807) is 18.2 Å². The van der Waals surface area contributed by atoms with Gasteiger partial charge < -0.3 is 10.5 Å². The number of nitrogens with two attached hydrogens (primary N) is 1. The van der Waals surface area contributed by atoms with Gasteiger partial charge in [0, 0.05) is 12.0 Å². The van der Waals surface area contributed by atoms with E-state index < -0.39 is 0 Å². The Morgan fingerprint density at radius 1 is 1.11 bits per heavy atom. The lowest BCUT2D eigenvalue weighted by Gasteiger charge is -2.20. The maximum Gasteiger partial charge on any atom is 0.138 e. The molecule has 1 saturated carbocycles. The normalized spacial score (nSPS) is 21.6. The van der Waals surface area contributed by atoms with Crippen molar-refractivity contribution >= 4 is 11.6 Å². The SMILES string of the molecule is C[C@@H]1Cc2ccccc2C1Oc1ccc(C#N)cc1Cl.NC1CCCCC1. The molecule has 0 aromatic heterocycles. The molecule has 2 aromatic carbocycles. The fourth-order valence-electron chi connectivity index (χ4n) is 3.87. The summed E-state index contributed by atoms with van der Waals surface area (Å²) in [4.78, 5) is 0. The Hall–Kier alpha value is -2.02. The molecule has 142 valence electrons. The Kier molecular flexibility index (Phi) is 6.77. The Morgan fingerprint density at radius 2 is 1.85 bits per heavy atom. The van der Waals surface area contributed by atoms with Crippen LogP contribution in [0.1, 0.15) is 61.8 Å². The highest BCUT2D eigenvalue weighted by Gasteiger charge is 2.31. The van der Waals surface area contributed by atoms with E-state index in [4.69, 9.17) is 27.3 Å². The molecular formula is C23H27ClN2O. The molecule has 0 amide bonds. The van der Waals surface area contributed by atoms with Crippen LogP contribution in [0, 0.1) is 17.2 Å². The summed E-state index contributed by atoms with van der Waals surface area (Å²) in [6.07, 6.45) is 7.71. The average Bonchev–Trinajstić information content (AvgIpc) is 3.00. The smallest absolute Gasteiger partial charge is 0.138 e.